The molecule has 1 spiro atoms. The maximum absolute atomic E-state index is 13.9. The average Bonchev–Trinajstić information content (AvgIpc) is 3.32. The first-order valence-corrected chi connectivity index (χ1v) is 12.1. The van der Waals surface area contributed by atoms with Crippen molar-refractivity contribution in [2.75, 3.05) is 40.9 Å². The summed E-state index contributed by atoms with van der Waals surface area (Å²) >= 11 is 0. The lowest BCUT2D eigenvalue weighted by atomic mass is 9.80. The number of ether oxygens (including phenoxy) is 3. The van der Waals surface area contributed by atoms with Gasteiger partial charge in [0.1, 0.15) is 11.7 Å². The van der Waals surface area contributed by atoms with Gasteiger partial charge >= 0.3 is 12.1 Å². The van der Waals surface area contributed by atoms with E-state index in [1.54, 1.807) is 30.1 Å². The van der Waals surface area contributed by atoms with E-state index in [1.165, 1.54) is 20.3 Å². The largest absolute Gasteiger partial charge is 0.493 e. The number of esters is 1. The lowest BCUT2D eigenvalue weighted by Crippen LogP contribution is -2.58. The third-order valence-electron chi connectivity index (χ3n) is 7.30. The van der Waals surface area contributed by atoms with Crippen LogP contribution in [0.4, 0.5) is 13.2 Å². The molecule has 2 aromatic rings. The predicted octanol–water partition coefficient (Wildman–Crippen LogP) is 4.09. The number of halogens is 3. The molecule has 4 rings (SSSR count). The van der Waals surface area contributed by atoms with Gasteiger partial charge in [0.25, 0.3) is 5.91 Å². The Morgan fingerprint density at radius 2 is 1.73 bits per heavy atom. The van der Waals surface area contributed by atoms with Gasteiger partial charge in [0.2, 0.25) is 0 Å². The fourth-order valence-corrected chi connectivity index (χ4v) is 5.47. The summed E-state index contributed by atoms with van der Waals surface area (Å²) in [6, 6.07) is 6.38. The molecule has 202 valence electrons. The van der Waals surface area contributed by atoms with Crippen LogP contribution in [0.1, 0.15) is 54.5 Å². The number of rotatable bonds is 5. The van der Waals surface area contributed by atoms with Crippen LogP contribution < -0.4 is 9.47 Å². The van der Waals surface area contributed by atoms with E-state index in [2.05, 4.69) is 0 Å². The number of fused-ring (bicyclic) bond motifs is 2. The van der Waals surface area contributed by atoms with Crippen LogP contribution in [0, 0.1) is 0 Å². The van der Waals surface area contributed by atoms with E-state index in [0.29, 0.717) is 48.7 Å². The molecule has 1 unspecified atom stereocenters. The van der Waals surface area contributed by atoms with Crippen LogP contribution in [-0.2, 0) is 21.2 Å². The van der Waals surface area contributed by atoms with Gasteiger partial charge in [-0.05, 0) is 64.1 Å². The quantitative estimate of drug-likeness (QED) is 0.550. The number of carbonyl (C=O) groups is 2. The zero-order chi connectivity index (χ0) is 27.1. The Bertz CT molecular complexity index is 1170. The van der Waals surface area contributed by atoms with Gasteiger partial charge in [-0.15, -0.1) is 0 Å². The van der Waals surface area contributed by atoms with Gasteiger partial charge in [-0.1, -0.05) is 0 Å². The number of hydrogen-bond donors (Lipinski definition) is 0. The highest BCUT2D eigenvalue weighted by molar-refractivity contribution is 5.95. The van der Waals surface area contributed by atoms with Gasteiger partial charge in [-0.3, -0.25) is 9.69 Å². The number of hydrogen-bond acceptors (Lipinski definition) is 6. The van der Waals surface area contributed by atoms with Crippen molar-refractivity contribution in [3.63, 3.8) is 0 Å². The Labute approximate surface area is 213 Å². The first-order valence-electron chi connectivity index (χ1n) is 12.1. The number of piperidine rings is 1. The van der Waals surface area contributed by atoms with Crippen LogP contribution in [0.2, 0.25) is 0 Å². The number of benzene rings is 1. The third-order valence-corrected chi connectivity index (χ3v) is 7.30. The second kappa shape index (κ2) is 9.92. The SMILES string of the molecule is COC(=O)C1CN(C)C2(CCN(C(=O)c3ccc(OC(C)C)c(OC)c3)CC2)c2ccc(C(F)(F)F)n21. The summed E-state index contributed by atoms with van der Waals surface area (Å²) in [5.41, 5.74) is -0.778. The van der Waals surface area contributed by atoms with Crippen LogP contribution >= 0.6 is 0 Å². The zero-order valence-electron chi connectivity index (χ0n) is 21.6. The molecule has 0 aliphatic carbocycles. The van der Waals surface area contributed by atoms with Gasteiger partial charge in [-0.2, -0.15) is 13.2 Å². The average molecular weight is 524 g/mol. The first kappa shape index (κ1) is 26.8. The van der Waals surface area contributed by atoms with Crippen LogP contribution in [0.5, 0.6) is 11.5 Å². The highest BCUT2D eigenvalue weighted by Gasteiger charge is 2.51. The molecule has 2 aliphatic heterocycles. The minimum Gasteiger partial charge on any atom is -0.493 e. The van der Waals surface area contributed by atoms with E-state index in [1.807, 2.05) is 18.7 Å². The van der Waals surface area contributed by atoms with E-state index in [-0.39, 0.29) is 18.6 Å². The summed E-state index contributed by atoms with van der Waals surface area (Å²) < 4.78 is 58.6. The van der Waals surface area contributed by atoms with Crippen LogP contribution in [-0.4, -0.2) is 73.2 Å². The van der Waals surface area contributed by atoms with Crippen LogP contribution in [0.25, 0.3) is 0 Å². The Hall–Kier alpha value is -3.21. The number of carbonyl (C=O) groups excluding carboxylic acids is 2. The van der Waals surface area contributed by atoms with Crippen molar-refractivity contribution in [1.29, 1.82) is 0 Å². The second-order valence-corrected chi connectivity index (χ2v) is 9.75. The molecular formula is C26H32F3N3O5. The molecule has 1 aromatic heterocycles. The summed E-state index contributed by atoms with van der Waals surface area (Å²) in [7, 11) is 4.48. The van der Waals surface area contributed by atoms with Gasteiger partial charge in [-0.25, -0.2) is 4.79 Å². The molecule has 1 saturated heterocycles. The van der Waals surface area contributed by atoms with Crippen molar-refractivity contribution in [2.45, 2.75) is 50.6 Å². The van der Waals surface area contributed by atoms with Crippen molar-refractivity contribution in [3.05, 3.63) is 47.3 Å². The van der Waals surface area contributed by atoms with Gasteiger partial charge < -0.3 is 23.7 Å². The van der Waals surface area contributed by atoms with Crippen molar-refractivity contribution in [3.8, 4) is 11.5 Å². The van der Waals surface area contributed by atoms with Gasteiger partial charge in [0.05, 0.1) is 25.9 Å². The Balaban J connectivity index is 1.60. The number of likely N-dealkylation sites (N-methyl/N-ethyl adjacent to an activating group) is 1. The molecule has 0 bridgehead atoms. The maximum atomic E-state index is 13.9. The maximum Gasteiger partial charge on any atom is 0.431 e. The lowest BCUT2D eigenvalue weighted by Gasteiger charge is -2.52. The Kier molecular flexibility index (Phi) is 7.20. The topological polar surface area (TPSA) is 73.2 Å². The molecule has 1 aromatic carbocycles. The monoisotopic (exact) mass is 523 g/mol. The predicted molar refractivity (Wildman–Crippen MR) is 129 cm³/mol. The number of amides is 1. The number of methoxy groups -OCH3 is 2. The summed E-state index contributed by atoms with van der Waals surface area (Å²) in [5, 5.41) is 0. The molecule has 1 amide bonds. The summed E-state index contributed by atoms with van der Waals surface area (Å²) in [6.45, 7) is 4.54. The van der Waals surface area contributed by atoms with E-state index in [9.17, 15) is 22.8 Å². The van der Waals surface area contributed by atoms with E-state index >= 15 is 0 Å². The second-order valence-electron chi connectivity index (χ2n) is 9.75. The first-order chi connectivity index (χ1) is 17.4. The normalized spacial score (nSPS) is 19.6. The zero-order valence-corrected chi connectivity index (χ0v) is 21.6. The summed E-state index contributed by atoms with van der Waals surface area (Å²) in [6.07, 6.45) is -3.86. The molecule has 1 fully saturated rings. The number of likely N-dealkylation sites (tertiary alicyclic amines) is 1. The minimum absolute atomic E-state index is 0.0585. The molecule has 11 heteroatoms. The van der Waals surface area contributed by atoms with Crippen molar-refractivity contribution in [1.82, 2.24) is 14.4 Å². The molecule has 37 heavy (non-hydrogen) atoms. The summed E-state index contributed by atoms with van der Waals surface area (Å²) in [4.78, 5) is 29.4. The van der Waals surface area contributed by atoms with E-state index in [0.717, 1.165) is 10.6 Å². The Morgan fingerprint density at radius 1 is 1.05 bits per heavy atom. The smallest absolute Gasteiger partial charge is 0.431 e. The molecule has 2 aliphatic rings. The minimum atomic E-state index is -4.62. The number of nitrogens with zero attached hydrogens (tertiary/aromatic N) is 3. The lowest BCUT2D eigenvalue weighted by molar-refractivity contribution is -0.154. The number of alkyl halides is 3. The summed E-state index contributed by atoms with van der Waals surface area (Å²) in [5.74, 6) is 0.0703. The van der Waals surface area contributed by atoms with Crippen molar-refractivity contribution >= 4 is 11.9 Å². The molecule has 0 radical (unpaired) electrons. The standard InChI is InChI=1S/C26H32F3N3O5/c1-16(2)37-19-7-6-17(14-20(19)35-4)23(33)31-12-10-25(11-13-31)21-8-9-22(26(27,28)29)32(21)18(15-30(25)3)24(34)36-5/h6-9,14,16,18H,10-13,15H2,1-5H3. The van der Waals surface area contributed by atoms with Crippen molar-refractivity contribution in [2.24, 2.45) is 0 Å². The van der Waals surface area contributed by atoms with Crippen LogP contribution in [0.15, 0.2) is 30.3 Å². The van der Waals surface area contributed by atoms with Gasteiger partial charge in [0, 0.05) is 30.9 Å². The molecule has 3 heterocycles. The molecule has 0 saturated carbocycles. The van der Waals surface area contributed by atoms with E-state index < -0.39 is 29.4 Å². The fourth-order valence-electron chi connectivity index (χ4n) is 5.47. The third kappa shape index (κ3) is 4.76. The van der Waals surface area contributed by atoms with E-state index in [4.69, 9.17) is 14.2 Å². The van der Waals surface area contributed by atoms with Crippen molar-refractivity contribution < 1.29 is 37.0 Å². The molecule has 0 N–H and O–H groups in total. The molecule has 1 atom stereocenters. The van der Waals surface area contributed by atoms with Gasteiger partial charge in [0.15, 0.2) is 11.5 Å². The van der Waals surface area contributed by atoms with Crippen LogP contribution in [0.3, 0.4) is 0 Å². The highest BCUT2D eigenvalue weighted by atomic mass is 19.4. The Morgan fingerprint density at radius 3 is 2.30 bits per heavy atom. The fraction of sp³-hybridized carbons (Fsp3) is 0.538. The number of aromatic nitrogens is 1. The molecule has 8 nitrogen and oxygen atoms in total. The highest BCUT2D eigenvalue weighted by Crippen LogP contribution is 2.47. The molecular weight excluding hydrogens is 491 g/mol.